The van der Waals surface area contributed by atoms with Crippen LogP contribution in [0, 0.1) is 0 Å². The van der Waals surface area contributed by atoms with E-state index in [1.165, 1.54) is 0 Å². The Morgan fingerprint density at radius 3 is 3.10 bits per heavy atom. The van der Waals surface area contributed by atoms with Gasteiger partial charge in [-0.05, 0) is 30.7 Å². The third-order valence-electron chi connectivity index (χ3n) is 3.35. The Bertz CT molecular complexity index is 481. The molecule has 110 valence electrons. The van der Waals surface area contributed by atoms with Crippen molar-refractivity contribution < 1.29 is 9.53 Å². The molecule has 1 heterocycles. The summed E-state index contributed by atoms with van der Waals surface area (Å²) in [7, 11) is 0. The Hall–Kier alpha value is -1.11. The minimum Gasteiger partial charge on any atom is -0.377 e. The van der Waals surface area contributed by atoms with Gasteiger partial charge in [0.1, 0.15) is 6.04 Å². The van der Waals surface area contributed by atoms with Crippen LogP contribution in [-0.4, -0.2) is 38.3 Å². The van der Waals surface area contributed by atoms with Gasteiger partial charge in [-0.15, -0.1) is 0 Å². The molecule has 1 aliphatic rings. The zero-order chi connectivity index (χ0) is 14.5. The molecular formula is C14H20BrN3O2. The highest BCUT2D eigenvalue weighted by atomic mass is 79.9. The SMILES string of the molecule is CCNC(=O)C1COCCN1c1ccc(Br)cc1CN. The summed E-state index contributed by atoms with van der Waals surface area (Å²) in [4.78, 5) is 14.3. The second-order valence-electron chi connectivity index (χ2n) is 4.66. The van der Waals surface area contributed by atoms with Crippen molar-refractivity contribution in [3.05, 3.63) is 28.2 Å². The Morgan fingerprint density at radius 2 is 2.40 bits per heavy atom. The van der Waals surface area contributed by atoms with Gasteiger partial charge in [-0.25, -0.2) is 0 Å². The number of hydrogen-bond acceptors (Lipinski definition) is 4. The maximum absolute atomic E-state index is 12.2. The highest BCUT2D eigenvalue weighted by Crippen LogP contribution is 2.27. The minimum absolute atomic E-state index is 0.00177. The molecular weight excluding hydrogens is 322 g/mol. The number of ether oxygens (including phenoxy) is 1. The van der Waals surface area contributed by atoms with Crippen LogP contribution in [0.25, 0.3) is 0 Å². The fourth-order valence-corrected chi connectivity index (χ4v) is 2.81. The summed E-state index contributed by atoms with van der Waals surface area (Å²) in [6.07, 6.45) is 0. The molecule has 0 radical (unpaired) electrons. The van der Waals surface area contributed by atoms with Gasteiger partial charge in [0.2, 0.25) is 5.91 Å². The van der Waals surface area contributed by atoms with Gasteiger partial charge in [-0.2, -0.15) is 0 Å². The minimum atomic E-state index is -0.296. The first-order valence-electron chi connectivity index (χ1n) is 6.78. The number of carbonyl (C=O) groups is 1. The second kappa shape index (κ2) is 7.06. The molecule has 1 saturated heterocycles. The first-order chi connectivity index (χ1) is 9.67. The number of rotatable bonds is 4. The molecule has 20 heavy (non-hydrogen) atoms. The number of halogens is 1. The molecule has 6 heteroatoms. The van der Waals surface area contributed by atoms with Gasteiger partial charge in [-0.1, -0.05) is 15.9 Å². The van der Waals surface area contributed by atoms with E-state index in [4.69, 9.17) is 10.5 Å². The van der Waals surface area contributed by atoms with Gasteiger partial charge < -0.3 is 20.7 Å². The summed E-state index contributed by atoms with van der Waals surface area (Å²) in [6.45, 7) is 4.69. The van der Waals surface area contributed by atoms with E-state index in [-0.39, 0.29) is 11.9 Å². The van der Waals surface area contributed by atoms with Crippen molar-refractivity contribution in [3.63, 3.8) is 0 Å². The van der Waals surface area contributed by atoms with Crippen LogP contribution in [0.2, 0.25) is 0 Å². The Labute approximate surface area is 127 Å². The Balaban J connectivity index is 2.30. The van der Waals surface area contributed by atoms with Crippen molar-refractivity contribution in [1.82, 2.24) is 5.32 Å². The number of nitrogens with one attached hydrogen (secondary N) is 1. The average Bonchev–Trinajstić information content (AvgIpc) is 2.47. The summed E-state index contributed by atoms with van der Waals surface area (Å²) < 4.78 is 6.45. The van der Waals surface area contributed by atoms with Gasteiger partial charge in [0.05, 0.1) is 13.2 Å². The molecule has 1 aromatic carbocycles. The second-order valence-corrected chi connectivity index (χ2v) is 5.57. The number of morpholine rings is 1. The van der Waals surface area contributed by atoms with Crippen LogP contribution in [-0.2, 0) is 16.1 Å². The summed E-state index contributed by atoms with van der Waals surface area (Å²) >= 11 is 3.45. The molecule has 1 unspecified atom stereocenters. The van der Waals surface area contributed by atoms with Gasteiger partial charge in [0.15, 0.2) is 0 Å². The highest BCUT2D eigenvalue weighted by molar-refractivity contribution is 9.10. The van der Waals surface area contributed by atoms with Crippen LogP contribution in [0.4, 0.5) is 5.69 Å². The predicted octanol–water partition coefficient (Wildman–Crippen LogP) is 1.25. The van der Waals surface area contributed by atoms with Crippen molar-refractivity contribution in [2.45, 2.75) is 19.5 Å². The van der Waals surface area contributed by atoms with Gasteiger partial charge >= 0.3 is 0 Å². The fourth-order valence-electron chi connectivity index (χ4n) is 2.40. The van der Waals surface area contributed by atoms with Crippen LogP contribution in [0.15, 0.2) is 22.7 Å². The largest absolute Gasteiger partial charge is 0.377 e. The monoisotopic (exact) mass is 341 g/mol. The van der Waals surface area contributed by atoms with Crippen molar-refractivity contribution in [2.24, 2.45) is 5.73 Å². The maximum atomic E-state index is 12.2. The van der Waals surface area contributed by atoms with Crippen molar-refractivity contribution in [2.75, 3.05) is 31.2 Å². The van der Waals surface area contributed by atoms with E-state index in [0.717, 1.165) is 15.7 Å². The van der Waals surface area contributed by atoms with Gasteiger partial charge in [-0.3, -0.25) is 4.79 Å². The molecule has 3 N–H and O–H groups in total. The highest BCUT2D eigenvalue weighted by Gasteiger charge is 2.30. The van der Waals surface area contributed by atoms with Crippen LogP contribution >= 0.6 is 15.9 Å². The van der Waals surface area contributed by atoms with E-state index in [1.54, 1.807) is 0 Å². The number of anilines is 1. The van der Waals surface area contributed by atoms with Crippen molar-refractivity contribution >= 4 is 27.5 Å². The van der Waals surface area contributed by atoms with Crippen LogP contribution < -0.4 is 16.0 Å². The lowest BCUT2D eigenvalue weighted by atomic mass is 10.1. The zero-order valence-corrected chi connectivity index (χ0v) is 13.1. The lowest BCUT2D eigenvalue weighted by molar-refractivity contribution is -0.124. The van der Waals surface area contributed by atoms with Crippen LogP contribution in [0.5, 0.6) is 0 Å². The molecule has 1 amide bonds. The summed E-state index contributed by atoms with van der Waals surface area (Å²) in [6, 6.07) is 5.68. The summed E-state index contributed by atoms with van der Waals surface area (Å²) in [5.74, 6) is -0.00177. The quantitative estimate of drug-likeness (QED) is 0.864. The lowest BCUT2D eigenvalue weighted by Gasteiger charge is -2.37. The van der Waals surface area contributed by atoms with E-state index < -0.39 is 0 Å². The summed E-state index contributed by atoms with van der Waals surface area (Å²) in [5, 5.41) is 2.86. The third kappa shape index (κ3) is 3.31. The van der Waals surface area contributed by atoms with E-state index in [9.17, 15) is 4.79 Å². The standard InChI is InChI=1S/C14H20BrN3O2/c1-2-17-14(19)13-9-20-6-5-18(13)12-4-3-11(15)7-10(12)8-16/h3-4,7,13H,2,5-6,8-9,16H2,1H3,(H,17,19). The molecule has 2 rings (SSSR count). The molecule has 1 aliphatic heterocycles. The third-order valence-corrected chi connectivity index (χ3v) is 3.85. The van der Waals surface area contributed by atoms with Crippen LogP contribution in [0.3, 0.4) is 0 Å². The number of likely N-dealkylation sites (N-methyl/N-ethyl adjacent to an activating group) is 1. The zero-order valence-electron chi connectivity index (χ0n) is 11.6. The number of nitrogens with two attached hydrogens (primary N) is 1. The molecule has 0 bridgehead atoms. The summed E-state index contributed by atoms with van der Waals surface area (Å²) in [5.41, 5.74) is 7.86. The topological polar surface area (TPSA) is 67.6 Å². The van der Waals surface area contributed by atoms with E-state index in [2.05, 4.69) is 26.1 Å². The normalized spacial score (nSPS) is 18.9. The maximum Gasteiger partial charge on any atom is 0.245 e. The average molecular weight is 342 g/mol. The first kappa shape index (κ1) is 15.3. The van der Waals surface area contributed by atoms with Gasteiger partial charge in [0.25, 0.3) is 0 Å². The van der Waals surface area contributed by atoms with E-state index in [0.29, 0.717) is 32.8 Å². The van der Waals surface area contributed by atoms with Gasteiger partial charge in [0, 0.05) is 29.8 Å². The molecule has 1 atom stereocenters. The molecule has 1 fully saturated rings. The first-order valence-corrected chi connectivity index (χ1v) is 7.57. The number of benzene rings is 1. The van der Waals surface area contributed by atoms with Crippen molar-refractivity contribution in [3.8, 4) is 0 Å². The molecule has 0 saturated carbocycles. The van der Waals surface area contributed by atoms with E-state index in [1.807, 2.05) is 25.1 Å². The molecule has 5 nitrogen and oxygen atoms in total. The van der Waals surface area contributed by atoms with Crippen molar-refractivity contribution in [1.29, 1.82) is 0 Å². The number of carbonyl (C=O) groups excluding carboxylic acids is 1. The molecule has 1 aromatic rings. The lowest BCUT2D eigenvalue weighted by Crippen LogP contribution is -2.54. The number of amides is 1. The fraction of sp³-hybridized carbons (Fsp3) is 0.500. The Morgan fingerprint density at radius 1 is 1.60 bits per heavy atom. The number of nitrogens with zero attached hydrogens (tertiary/aromatic N) is 1. The predicted molar refractivity (Wildman–Crippen MR) is 82.7 cm³/mol. The Kier molecular flexibility index (Phi) is 5.39. The molecule has 0 spiro atoms. The van der Waals surface area contributed by atoms with E-state index >= 15 is 0 Å². The number of hydrogen-bond donors (Lipinski definition) is 2. The molecule has 0 aromatic heterocycles. The van der Waals surface area contributed by atoms with Crippen LogP contribution in [0.1, 0.15) is 12.5 Å². The smallest absolute Gasteiger partial charge is 0.245 e. The molecule has 0 aliphatic carbocycles.